The van der Waals surface area contributed by atoms with Crippen molar-refractivity contribution in [2.45, 2.75) is 174 Å². The standard InChI is InChI=1S/C22H30O4.C21H28O5.C20H28O2.C13H20O.C10H15NO4.CH3.ClH.K.Mg.H2O/c1-16(13-14-19-17(2)11-9-15-22(19,3)4)10-7-8-12-18(20(23)25-5)21(24)26-6;1-15-9-8-14-21(2,3)18(15)13-12-16(22)10-6-7-11-17(19(23)25-4)20(24)26-5;1-16(10-7-6-8-12-19(21)22-5)13-14-18-17(2)11-9-15-20(18,3)4;1-10-6-5-9-13(3,4)12(10)8-7-11(2)14;1-11(2)7-5-6-8(9(12)14-3)10(13)15-4;;;;;/h7-8,10-14,18H,9,15H2,1-6H3;6-7,10-13,17H,8-9,14H2,1-5H3;6-8,10,12-14H,9,11,15H2,1-5H3;7-8H,5-6,9H2,1-4H3;5-7H,1-4H3;1H3;1H;;;1H2/q;;;;;-1;;+1;+2;/p-2/b10-7+,12-8+,16-13+,19-14-;10-6+,11-7+,13-12+;7-6+,12-8+,14-13+,16-10+;8-7+;7-5+;;;;;. The van der Waals surface area contributed by atoms with Crippen molar-refractivity contribution in [2.75, 3.05) is 63.9 Å². The quantitative estimate of drug-likeness (QED) is 0.0127. The van der Waals surface area contributed by atoms with E-state index in [4.69, 9.17) is 0 Å². The molecule has 0 aromatic heterocycles. The summed E-state index contributed by atoms with van der Waals surface area (Å²) in [6, 6.07) is 0. The summed E-state index contributed by atoms with van der Waals surface area (Å²) in [5, 5.41) is 0. The van der Waals surface area contributed by atoms with E-state index in [1.807, 2.05) is 57.5 Å². The Balaban J connectivity index is -0.000000303. The zero-order valence-electron chi connectivity index (χ0n) is 69.9. The minimum atomic E-state index is -1.14. The van der Waals surface area contributed by atoms with E-state index in [-0.39, 0.29) is 145 Å². The van der Waals surface area contributed by atoms with Crippen LogP contribution in [0.15, 0.2) is 213 Å². The van der Waals surface area contributed by atoms with Crippen LogP contribution in [0, 0.1) is 40.9 Å². The van der Waals surface area contributed by atoms with E-state index in [0.29, 0.717) is 0 Å². The average Bonchev–Trinajstić information content (AvgIpc) is 0.839. The van der Waals surface area contributed by atoms with Gasteiger partial charge in [-0.15, -0.1) is 0 Å². The number of esters is 7. The molecule has 4 rings (SSSR count). The van der Waals surface area contributed by atoms with Crippen LogP contribution in [0.1, 0.15) is 174 Å². The fraction of sp³-hybridized carbons (Fsp3) is 0.471. The summed E-state index contributed by atoms with van der Waals surface area (Å²) in [5.74, 6) is -6.70. The maximum atomic E-state index is 12.0. The van der Waals surface area contributed by atoms with Crippen LogP contribution in [-0.2, 0) is 76.3 Å². The first-order chi connectivity index (χ1) is 48.3. The fourth-order valence-electron chi connectivity index (χ4n) is 11.7. The van der Waals surface area contributed by atoms with Gasteiger partial charge in [0.15, 0.2) is 23.4 Å². The molecule has 108 heavy (non-hydrogen) atoms. The third-order valence-corrected chi connectivity index (χ3v) is 17.7. The Morgan fingerprint density at radius 2 is 0.843 bits per heavy atom. The van der Waals surface area contributed by atoms with Crippen molar-refractivity contribution < 1.29 is 146 Å². The normalized spacial score (nSPS) is 17.0. The van der Waals surface area contributed by atoms with Crippen LogP contribution in [0.2, 0.25) is 0 Å². The molecule has 0 unspecified atom stereocenters. The summed E-state index contributed by atoms with van der Waals surface area (Å²) in [5.41, 5.74) is 13.9. The van der Waals surface area contributed by atoms with Crippen molar-refractivity contribution >= 4 is 76.4 Å². The topological polar surface area (TPSA) is 251 Å². The van der Waals surface area contributed by atoms with Crippen LogP contribution in [0.5, 0.6) is 0 Å². The van der Waals surface area contributed by atoms with Crippen LogP contribution >= 0.6 is 0 Å². The number of methoxy groups -OCH3 is 7. The molecule has 0 fully saturated rings. The maximum Gasteiger partial charge on any atom is 2.00 e. The molecule has 0 saturated carbocycles. The van der Waals surface area contributed by atoms with Crippen LogP contribution in [0.25, 0.3) is 0 Å². The van der Waals surface area contributed by atoms with Crippen molar-refractivity contribution in [1.82, 2.24) is 4.90 Å². The summed E-state index contributed by atoms with van der Waals surface area (Å²) >= 11 is 0. The van der Waals surface area contributed by atoms with E-state index in [9.17, 15) is 43.2 Å². The van der Waals surface area contributed by atoms with E-state index in [1.54, 1.807) is 54.5 Å². The molecule has 0 radical (unpaired) electrons. The second-order valence-corrected chi connectivity index (χ2v) is 28.2. The molecule has 0 atom stereocenters. The van der Waals surface area contributed by atoms with Gasteiger partial charge < -0.3 is 63.4 Å². The number of carbonyl (C=O) groups is 9. The molecule has 0 aromatic rings. The number of hydrogen-bond donors (Lipinski definition) is 0. The van der Waals surface area contributed by atoms with Gasteiger partial charge >= 0.3 is 116 Å². The molecule has 0 aromatic carbocycles. The van der Waals surface area contributed by atoms with Gasteiger partial charge in [-0.2, -0.15) is 0 Å². The van der Waals surface area contributed by atoms with Gasteiger partial charge in [-0.3, -0.25) is 28.8 Å². The third kappa shape index (κ3) is 44.3. The Morgan fingerprint density at radius 3 is 1.21 bits per heavy atom. The molecule has 4 aliphatic carbocycles. The van der Waals surface area contributed by atoms with E-state index in [0.717, 1.165) is 31.3 Å². The van der Waals surface area contributed by atoms with Gasteiger partial charge in [-0.25, -0.2) is 14.4 Å². The number of allylic oxidation sites excluding steroid dienone is 31. The molecule has 0 bridgehead atoms. The fourth-order valence-corrected chi connectivity index (χ4v) is 11.7. The SMILES string of the molecule is CC(=O)/C=C/C1=C(C)CCCC1(C)C.COC(=O)/C=C/C=C/C=C(C)/C=C/C1=C(C)CCCC1(C)C.COC(=O)C(/C=C/C=C/C(=O)/C=C/C1=C(C)CCCC1(C)C)C(=O)OC.COC(=O)C(/C=C/C=C/C(C)=C/C=C1/C(C)=CCCC1(C)C)C(=O)OC.COC(=O)C(=C/C=C/N(C)C)C(=O)OC.[CH3-].[Cl-].[K+].[Mg+2].[OH-]. The van der Waals surface area contributed by atoms with E-state index < -0.39 is 47.7 Å². The van der Waals surface area contributed by atoms with Crippen LogP contribution < -0.4 is 63.8 Å². The summed E-state index contributed by atoms with van der Waals surface area (Å²) < 4.78 is 31.7. The number of carbonyl (C=O) groups excluding carboxylic acids is 9. The Morgan fingerprint density at radius 1 is 0.454 bits per heavy atom. The first kappa shape index (κ1) is 112. The molecular formula is C87H125ClKMgNO17. The van der Waals surface area contributed by atoms with Gasteiger partial charge in [0.25, 0.3) is 0 Å². The summed E-state index contributed by atoms with van der Waals surface area (Å²) in [6.07, 6.45) is 57.1. The molecule has 0 spiro atoms. The Labute approximate surface area is 713 Å². The molecule has 1 N–H and O–H groups in total. The molecular weight excluding hydrogens is 1430 g/mol. The monoisotopic (exact) mass is 1550 g/mol. The van der Waals surface area contributed by atoms with Gasteiger partial charge in [0.05, 0.1) is 49.8 Å². The third-order valence-electron chi connectivity index (χ3n) is 17.7. The van der Waals surface area contributed by atoms with E-state index in [2.05, 4.69) is 154 Å². The van der Waals surface area contributed by atoms with Crippen molar-refractivity contribution in [3.63, 3.8) is 0 Å². The van der Waals surface area contributed by atoms with Crippen molar-refractivity contribution in [3.8, 4) is 0 Å². The Bertz CT molecular complexity index is 3470. The molecule has 0 heterocycles. The zero-order chi connectivity index (χ0) is 78.7. The van der Waals surface area contributed by atoms with Crippen molar-refractivity contribution in [2.24, 2.45) is 33.5 Å². The molecule has 590 valence electrons. The molecule has 0 aliphatic heterocycles. The minimum absolute atomic E-state index is 0. The molecule has 0 saturated heterocycles. The largest absolute Gasteiger partial charge is 2.00 e. The van der Waals surface area contributed by atoms with Gasteiger partial charge in [0.2, 0.25) is 0 Å². The first-order valence-corrected chi connectivity index (χ1v) is 34.9. The molecule has 0 amide bonds. The zero-order valence-corrected chi connectivity index (χ0v) is 75.2. The number of ketones is 2. The number of ether oxygens (including phenoxy) is 7. The number of nitrogens with zero attached hydrogens (tertiary/aromatic N) is 1. The second kappa shape index (κ2) is 59.2. The Hall–Kier alpha value is -6.60. The van der Waals surface area contributed by atoms with Crippen LogP contribution in [0.4, 0.5) is 0 Å². The number of halogens is 1. The van der Waals surface area contributed by atoms with E-state index >= 15 is 0 Å². The summed E-state index contributed by atoms with van der Waals surface area (Å²) in [4.78, 5) is 104. The number of rotatable bonds is 24. The smallest absolute Gasteiger partial charge is 1.00 e. The average molecular weight is 1560 g/mol. The Kier molecular flexibility index (Phi) is 61.6. The van der Waals surface area contributed by atoms with Crippen molar-refractivity contribution in [1.29, 1.82) is 0 Å². The van der Waals surface area contributed by atoms with Crippen LogP contribution in [-0.4, -0.2) is 151 Å². The first-order valence-electron chi connectivity index (χ1n) is 34.9. The summed E-state index contributed by atoms with van der Waals surface area (Å²) in [7, 11) is 12.3. The van der Waals surface area contributed by atoms with Crippen LogP contribution in [0.3, 0.4) is 0 Å². The predicted molar refractivity (Wildman–Crippen MR) is 427 cm³/mol. The summed E-state index contributed by atoms with van der Waals surface area (Å²) in [6.45, 7) is 32.5. The molecule has 18 nitrogen and oxygen atoms in total. The number of hydrogen-bond acceptors (Lipinski definition) is 18. The molecule has 4 aliphatic rings. The predicted octanol–water partition coefficient (Wildman–Crippen LogP) is 11.6. The maximum absolute atomic E-state index is 12.0. The van der Waals surface area contributed by atoms with E-state index in [1.165, 1.54) is 187 Å². The minimum Gasteiger partial charge on any atom is -1.00 e. The van der Waals surface area contributed by atoms with Gasteiger partial charge in [0.1, 0.15) is 5.57 Å². The second-order valence-electron chi connectivity index (χ2n) is 28.2. The van der Waals surface area contributed by atoms with Gasteiger partial charge in [-0.05, 0) is 200 Å². The van der Waals surface area contributed by atoms with Gasteiger partial charge in [0, 0.05) is 20.2 Å². The van der Waals surface area contributed by atoms with Gasteiger partial charge in [-0.1, -0.05) is 198 Å². The van der Waals surface area contributed by atoms with Crippen molar-refractivity contribution in [3.05, 3.63) is 221 Å². The molecule has 21 heteroatoms.